The van der Waals surface area contributed by atoms with Crippen molar-refractivity contribution in [3.8, 4) is 6.07 Å². The van der Waals surface area contributed by atoms with Crippen molar-refractivity contribution < 1.29 is 9.59 Å². The number of nitriles is 1. The van der Waals surface area contributed by atoms with Crippen molar-refractivity contribution in [1.82, 2.24) is 9.88 Å². The van der Waals surface area contributed by atoms with Crippen molar-refractivity contribution in [2.24, 2.45) is 0 Å². The number of nitrogens with zero attached hydrogens (tertiary/aromatic N) is 3. The van der Waals surface area contributed by atoms with Gasteiger partial charge in [-0.15, -0.1) is 0 Å². The van der Waals surface area contributed by atoms with E-state index in [0.717, 1.165) is 12.0 Å². The van der Waals surface area contributed by atoms with Gasteiger partial charge in [0.25, 0.3) is 11.8 Å². The zero-order valence-electron chi connectivity index (χ0n) is 16.0. The lowest BCUT2D eigenvalue weighted by molar-refractivity contribution is 0.0796. The second-order valence-corrected chi connectivity index (χ2v) is 6.52. The molecule has 0 spiro atoms. The molecule has 0 fully saturated rings. The summed E-state index contributed by atoms with van der Waals surface area (Å²) in [6, 6.07) is 19.2. The van der Waals surface area contributed by atoms with Gasteiger partial charge < -0.3 is 10.2 Å². The fourth-order valence-electron chi connectivity index (χ4n) is 2.85. The number of benzene rings is 2. The predicted octanol–water partition coefficient (Wildman–Crippen LogP) is 3.52. The summed E-state index contributed by atoms with van der Waals surface area (Å²) in [5.74, 6) is -0.534. The molecule has 0 bridgehead atoms. The van der Waals surface area contributed by atoms with Gasteiger partial charge in [0.1, 0.15) is 6.07 Å². The molecule has 144 valence electrons. The minimum Gasteiger partial charge on any atom is -0.341 e. The molecule has 2 amide bonds. The zero-order chi connectivity index (χ0) is 20.6. The van der Waals surface area contributed by atoms with E-state index in [1.165, 1.54) is 0 Å². The minimum absolute atomic E-state index is 0.161. The van der Waals surface area contributed by atoms with Crippen LogP contribution in [0.5, 0.6) is 0 Å². The molecular weight excluding hydrogens is 364 g/mol. The van der Waals surface area contributed by atoms with E-state index < -0.39 is 0 Å². The summed E-state index contributed by atoms with van der Waals surface area (Å²) in [6.45, 7) is 0.550. The SMILES string of the molecule is CN(CCc1ccncc1)C(=O)c1cccc(C(=O)Nc2ccccc2C#N)c1. The average Bonchev–Trinajstić information content (AvgIpc) is 2.78. The van der Waals surface area contributed by atoms with Gasteiger partial charge in [0.2, 0.25) is 0 Å². The zero-order valence-corrected chi connectivity index (χ0v) is 16.0. The number of likely N-dealkylation sites (N-methyl/N-ethyl adjacent to an activating group) is 1. The monoisotopic (exact) mass is 384 g/mol. The first kappa shape index (κ1) is 19.8. The molecule has 1 heterocycles. The first-order chi connectivity index (χ1) is 14.1. The van der Waals surface area contributed by atoms with E-state index in [0.29, 0.717) is 28.9 Å². The smallest absolute Gasteiger partial charge is 0.255 e. The number of nitrogens with one attached hydrogen (secondary N) is 1. The Bertz CT molecular complexity index is 1060. The number of hydrogen-bond acceptors (Lipinski definition) is 4. The van der Waals surface area contributed by atoms with Gasteiger partial charge in [0.15, 0.2) is 0 Å². The molecule has 6 heteroatoms. The van der Waals surface area contributed by atoms with Crippen LogP contribution in [0.4, 0.5) is 5.69 Å². The summed E-state index contributed by atoms with van der Waals surface area (Å²) < 4.78 is 0. The second-order valence-electron chi connectivity index (χ2n) is 6.52. The maximum Gasteiger partial charge on any atom is 0.255 e. The minimum atomic E-state index is -0.373. The van der Waals surface area contributed by atoms with E-state index in [1.807, 2.05) is 18.2 Å². The second kappa shape index (κ2) is 9.29. The van der Waals surface area contributed by atoms with Crippen molar-refractivity contribution in [3.63, 3.8) is 0 Å². The van der Waals surface area contributed by atoms with Crippen molar-refractivity contribution in [3.05, 3.63) is 95.3 Å². The average molecular weight is 384 g/mol. The van der Waals surface area contributed by atoms with Crippen LogP contribution in [-0.4, -0.2) is 35.3 Å². The molecule has 3 rings (SSSR count). The van der Waals surface area contributed by atoms with Crippen LogP contribution < -0.4 is 5.32 Å². The summed E-state index contributed by atoms with van der Waals surface area (Å²) in [5.41, 5.74) is 2.70. The van der Waals surface area contributed by atoms with E-state index in [4.69, 9.17) is 5.26 Å². The van der Waals surface area contributed by atoms with Crippen molar-refractivity contribution in [2.45, 2.75) is 6.42 Å². The Kier molecular flexibility index (Phi) is 6.33. The molecule has 6 nitrogen and oxygen atoms in total. The quantitative estimate of drug-likeness (QED) is 0.704. The summed E-state index contributed by atoms with van der Waals surface area (Å²) in [6.07, 6.45) is 4.17. The number of hydrogen-bond donors (Lipinski definition) is 1. The Hall–Kier alpha value is -3.98. The number of para-hydroxylation sites is 1. The molecule has 0 unspecified atom stereocenters. The molecular formula is C23H20N4O2. The van der Waals surface area contributed by atoms with Gasteiger partial charge >= 0.3 is 0 Å². The molecule has 1 aromatic heterocycles. The topological polar surface area (TPSA) is 86.1 Å². The number of pyridine rings is 1. The van der Waals surface area contributed by atoms with Gasteiger partial charge in [0.05, 0.1) is 11.3 Å². The van der Waals surface area contributed by atoms with Gasteiger partial charge in [0, 0.05) is 37.1 Å². The van der Waals surface area contributed by atoms with Gasteiger partial charge in [-0.2, -0.15) is 5.26 Å². The van der Waals surface area contributed by atoms with Crippen LogP contribution >= 0.6 is 0 Å². The Balaban J connectivity index is 1.68. The van der Waals surface area contributed by atoms with Gasteiger partial charge in [-0.05, 0) is 54.4 Å². The molecule has 0 saturated heterocycles. The number of carbonyl (C=O) groups excluding carboxylic acids is 2. The van der Waals surface area contributed by atoms with E-state index in [2.05, 4.69) is 10.3 Å². The fraction of sp³-hybridized carbons (Fsp3) is 0.130. The third-order valence-corrected chi connectivity index (χ3v) is 4.50. The first-order valence-electron chi connectivity index (χ1n) is 9.13. The molecule has 0 saturated carbocycles. The van der Waals surface area contributed by atoms with Gasteiger partial charge in [-0.25, -0.2) is 0 Å². The molecule has 0 radical (unpaired) electrons. The summed E-state index contributed by atoms with van der Waals surface area (Å²) in [5, 5.41) is 11.9. The predicted molar refractivity (Wildman–Crippen MR) is 110 cm³/mol. The molecule has 0 aliphatic heterocycles. The van der Waals surface area contributed by atoms with Crippen LogP contribution in [0.1, 0.15) is 31.8 Å². The lowest BCUT2D eigenvalue weighted by Gasteiger charge is -2.17. The highest BCUT2D eigenvalue weighted by Gasteiger charge is 2.15. The van der Waals surface area contributed by atoms with E-state index in [-0.39, 0.29) is 11.8 Å². The van der Waals surface area contributed by atoms with E-state index in [9.17, 15) is 9.59 Å². The number of carbonyl (C=O) groups is 2. The maximum absolute atomic E-state index is 12.7. The third kappa shape index (κ3) is 5.05. The number of anilines is 1. The maximum atomic E-state index is 12.7. The highest BCUT2D eigenvalue weighted by molar-refractivity contribution is 6.06. The van der Waals surface area contributed by atoms with Crippen molar-refractivity contribution in [1.29, 1.82) is 5.26 Å². The third-order valence-electron chi connectivity index (χ3n) is 4.50. The molecule has 0 aliphatic rings. The van der Waals surface area contributed by atoms with E-state index >= 15 is 0 Å². The first-order valence-corrected chi connectivity index (χ1v) is 9.13. The molecule has 0 atom stereocenters. The molecule has 29 heavy (non-hydrogen) atoms. The molecule has 0 aliphatic carbocycles. The lowest BCUT2D eigenvalue weighted by Crippen LogP contribution is -2.29. The summed E-state index contributed by atoms with van der Waals surface area (Å²) in [4.78, 5) is 30.9. The van der Waals surface area contributed by atoms with Gasteiger partial charge in [-0.3, -0.25) is 14.6 Å². The molecule has 2 aromatic carbocycles. The van der Waals surface area contributed by atoms with Gasteiger partial charge in [-0.1, -0.05) is 18.2 Å². The Morgan fingerprint density at radius 3 is 2.52 bits per heavy atom. The Morgan fingerprint density at radius 1 is 1.03 bits per heavy atom. The summed E-state index contributed by atoms with van der Waals surface area (Å²) in [7, 11) is 1.74. The highest BCUT2D eigenvalue weighted by atomic mass is 16.2. The highest BCUT2D eigenvalue weighted by Crippen LogP contribution is 2.16. The van der Waals surface area contributed by atoms with Crippen LogP contribution in [0.3, 0.4) is 0 Å². The largest absolute Gasteiger partial charge is 0.341 e. The van der Waals surface area contributed by atoms with Crippen LogP contribution in [0, 0.1) is 11.3 Å². The van der Waals surface area contributed by atoms with Crippen LogP contribution in [0.2, 0.25) is 0 Å². The summed E-state index contributed by atoms with van der Waals surface area (Å²) >= 11 is 0. The van der Waals surface area contributed by atoms with Crippen molar-refractivity contribution in [2.75, 3.05) is 18.9 Å². The fourth-order valence-corrected chi connectivity index (χ4v) is 2.85. The number of rotatable bonds is 6. The van der Waals surface area contributed by atoms with Crippen molar-refractivity contribution >= 4 is 17.5 Å². The van der Waals surface area contributed by atoms with Crippen LogP contribution in [0.25, 0.3) is 0 Å². The Labute approximate surface area is 169 Å². The van der Waals surface area contributed by atoms with E-state index in [1.54, 1.807) is 72.9 Å². The van der Waals surface area contributed by atoms with Crippen LogP contribution in [0.15, 0.2) is 73.1 Å². The molecule has 3 aromatic rings. The Morgan fingerprint density at radius 2 is 1.76 bits per heavy atom. The standard InChI is InChI=1S/C23H20N4O2/c1-27(14-11-17-9-12-25-13-10-17)23(29)19-7-4-6-18(15-19)22(28)26-21-8-3-2-5-20(21)16-24/h2-10,12-13,15H,11,14H2,1H3,(H,26,28). The normalized spacial score (nSPS) is 10.1. The number of amides is 2. The lowest BCUT2D eigenvalue weighted by atomic mass is 10.1. The molecule has 1 N–H and O–H groups in total. The number of aromatic nitrogens is 1. The van der Waals surface area contributed by atoms with Crippen LogP contribution in [-0.2, 0) is 6.42 Å².